The Bertz CT molecular complexity index is 645. The van der Waals surface area contributed by atoms with Gasteiger partial charge in [-0.2, -0.15) is 0 Å². The fourth-order valence-electron chi connectivity index (χ4n) is 3.35. The Morgan fingerprint density at radius 3 is 2.74 bits per heavy atom. The summed E-state index contributed by atoms with van der Waals surface area (Å²) in [6, 6.07) is 9.81. The van der Waals surface area contributed by atoms with E-state index in [0.717, 1.165) is 29.9 Å². The Morgan fingerprint density at radius 2 is 2.04 bits per heavy atom. The maximum absolute atomic E-state index is 10.4. The zero-order valence-electron chi connectivity index (χ0n) is 14.0. The number of aliphatic hydroxyl groups excluding tert-OH is 1. The molecule has 2 aromatic rings. The van der Waals surface area contributed by atoms with Gasteiger partial charge in [0, 0.05) is 24.6 Å². The molecule has 0 aliphatic heterocycles. The second kappa shape index (κ2) is 6.38. The van der Waals surface area contributed by atoms with Crippen LogP contribution in [0.15, 0.2) is 41.0 Å². The van der Waals surface area contributed by atoms with Gasteiger partial charge in [0.2, 0.25) is 0 Å². The van der Waals surface area contributed by atoms with Crippen molar-refractivity contribution in [1.82, 2.24) is 5.32 Å². The first-order valence-electron chi connectivity index (χ1n) is 8.10. The van der Waals surface area contributed by atoms with E-state index in [4.69, 9.17) is 9.15 Å². The van der Waals surface area contributed by atoms with Gasteiger partial charge in [-0.3, -0.25) is 0 Å². The summed E-state index contributed by atoms with van der Waals surface area (Å²) >= 11 is 0. The van der Waals surface area contributed by atoms with Gasteiger partial charge >= 0.3 is 0 Å². The molecule has 1 aromatic carbocycles. The quantitative estimate of drug-likeness (QED) is 0.885. The molecule has 4 heteroatoms. The van der Waals surface area contributed by atoms with Crippen molar-refractivity contribution in [3.05, 3.63) is 53.5 Å². The van der Waals surface area contributed by atoms with Crippen LogP contribution in [0.3, 0.4) is 0 Å². The van der Waals surface area contributed by atoms with Crippen LogP contribution < -0.4 is 10.1 Å². The fraction of sp³-hybridized carbons (Fsp3) is 0.474. The number of hydrogen-bond donors (Lipinski definition) is 2. The van der Waals surface area contributed by atoms with Crippen LogP contribution >= 0.6 is 0 Å². The standard InChI is InChI=1S/C19H25NO3/c1-19(2)10-16(15-8-9-23-18(15)11-19)20-12-17(21)13-4-6-14(22-3)7-5-13/h4-9,16-17,20-21H,10-12H2,1-3H3/t16-,17+/m1/s1. The van der Waals surface area contributed by atoms with Crippen LogP contribution in [-0.2, 0) is 6.42 Å². The molecule has 0 spiro atoms. The summed E-state index contributed by atoms with van der Waals surface area (Å²) in [6.07, 6.45) is 3.23. The number of hydrogen-bond acceptors (Lipinski definition) is 4. The summed E-state index contributed by atoms with van der Waals surface area (Å²) in [5.41, 5.74) is 2.32. The number of methoxy groups -OCH3 is 1. The summed E-state index contributed by atoms with van der Waals surface area (Å²) in [4.78, 5) is 0. The predicted molar refractivity (Wildman–Crippen MR) is 89.5 cm³/mol. The molecule has 23 heavy (non-hydrogen) atoms. The second-order valence-corrected chi connectivity index (χ2v) is 7.09. The lowest BCUT2D eigenvalue weighted by molar-refractivity contribution is 0.157. The van der Waals surface area contributed by atoms with Crippen LogP contribution in [0.1, 0.15) is 49.3 Å². The van der Waals surface area contributed by atoms with Gasteiger partial charge in [0.05, 0.1) is 19.5 Å². The average molecular weight is 315 g/mol. The lowest BCUT2D eigenvalue weighted by Crippen LogP contribution is -2.34. The third-order valence-electron chi connectivity index (χ3n) is 4.61. The fourth-order valence-corrected chi connectivity index (χ4v) is 3.35. The monoisotopic (exact) mass is 315 g/mol. The molecule has 1 aliphatic rings. The van der Waals surface area contributed by atoms with E-state index in [1.54, 1.807) is 13.4 Å². The first-order chi connectivity index (χ1) is 11.0. The highest BCUT2D eigenvalue weighted by atomic mass is 16.5. The molecule has 2 N–H and O–H groups in total. The lowest BCUT2D eigenvalue weighted by Gasteiger charge is -2.35. The first-order valence-corrected chi connectivity index (χ1v) is 8.10. The van der Waals surface area contributed by atoms with Crippen LogP contribution in [0, 0.1) is 5.41 Å². The predicted octanol–water partition coefficient (Wildman–Crippen LogP) is 3.62. The Kier molecular flexibility index (Phi) is 4.46. The SMILES string of the molecule is COc1ccc([C@@H](O)CN[C@@H]2CC(C)(C)Cc3occc32)cc1. The molecule has 1 heterocycles. The average Bonchev–Trinajstić information content (AvgIpc) is 2.99. The van der Waals surface area contributed by atoms with Gasteiger partial charge in [-0.1, -0.05) is 26.0 Å². The molecule has 0 radical (unpaired) electrons. The van der Waals surface area contributed by atoms with E-state index in [0.29, 0.717) is 6.54 Å². The smallest absolute Gasteiger partial charge is 0.118 e. The molecule has 2 atom stereocenters. The topological polar surface area (TPSA) is 54.6 Å². The number of rotatable bonds is 5. The first kappa shape index (κ1) is 16.1. The highest BCUT2D eigenvalue weighted by Crippen LogP contribution is 2.41. The van der Waals surface area contributed by atoms with Gasteiger partial charge in [0.25, 0.3) is 0 Å². The van der Waals surface area contributed by atoms with Gasteiger partial charge in [-0.25, -0.2) is 0 Å². The number of aliphatic hydroxyl groups is 1. The highest BCUT2D eigenvalue weighted by Gasteiger charge is 2.34. The highest BCUT2D eigenvalue weighted by molar-refractivity contribution is 5.29. The number of nitrogens with one attached hydrogen (secondary N) is 1. The van der Waals surface area contributed by atoms with Gasteiger partial charge in [0.15, 0.2) is 0 Å². The van der Waals surface area contributed by atoms with E-state index < -0.39 is 6.10 Å². The van der Waals surface area contributed by atoms with Crippen molar-refractivity contribution < 1.29 is 14.3 Å². The molecule has 0 saturated carbocycles. The van der Waals surface area contributed by atoms with Gasteiger partial charge in [0.1, 0.15) is 11.5 Å². The van der Waals surface area contributed by atoms with Gasteiger partial charge in [-0.05, 0) is 35.6 Å². The van der Waals surface area contributed by atoms with Crippen LogP contribution in [0.5, 0.6) is 5.75 Å². The maximum Gasteiger partial charge on any atom is 0.118 e. The number of benzene rings is 1. The van der Waals surface area contributed by atoms with Crippen molar-refractivity contribution in [2.24, 2.45) is 5.41 Å². The molecule has 124 valence electrons. The van der Waals surface area contributed by atoms with Crippen molar-refractivity contribution in [3.8, 4) is 5.75 Å². The van der Waals surface area contributed by atoms with Gasteiger partial charge in [-0.15, -0.1) is 0 Å². The molecule has 0 unspecified atom stereocenters. The van der Waals surface area contributed by atoms with Crippen molar-refractivity contribution >= 4 is 0 Å². The normalized spacial score (nSPS) is 20.8. The minimum atomic E-state index is -0.540. The van der Waals surface area contributed by atoms with Crippen LogP contribution in [0.25, 0.3) is 0 Å². The number of fused-ring (bicyclic) bond motifs is 1. The molecule has 3 rings (SSSR count). The van der Waals surface area contributed by atoms with Crippen LogP contribution in [0.4, 0.5) is 0 Å². The molecule has 1 aliphatic carbocycles. The van der Waals surface area contributed by atoms with E-state index in [1.807, 2.05) is 30.3 Å². The summed E-state index contributed by atoms with van der Waals surface area (Å²) in [5.74, 6) is 1.86. The molecule has 0 bridgehead atoms. The lowest BCUT2D eigenvalue weighted by atomic mass is 9.75. The molecular formula is C19H25NO3. The van der Waals surface area contributed by atoms with E-state index in [2.05, 4.69) is 19.2 Å². The molecular weight excluding hydrogens is 290 g/mol. The van der Waals surface area contributed by atoms with Gasteiger partial charge < -0.3 is 19.6 Å². The van der Waals surface area contributed by atoms with Crippen molar-refractivity contribution in [2.45, 2.75) is 38.8 Å². The summed E-state index contributed by atoms with van der Waals surface area (Å²) in [7, 11) is 1.64. The minimum absolute atomic E-state index is 0.202. The zero-order valence-corrected chi connectivity index (χ0v) is 14.0. The number of furan rings is 1. The Hall–Kier alpha value is -1.78. The zero-order chi connectivity index (χ0) is 16.4. The second-order valence-electron chi connectivity index (χ2n) is 7.09. The molecule has 4 nitrogen and oxygen atoms in total. The summed E-state index contributed by atoms with van der Waals surface area (Å²) in [6.45, 7) is 5.03. The largest absolute Gasteiger partial charge is 0.497 e. The third kappa shape index (κ3) is 3.59. The van der Waals surface area contributed by atoms with Crippen LogP contribution in [0.2, 0.25) is 0 Å². The Morgan fingerprint density at radius 1 is 1.30 bits per heavy atom. The van der Waals surface area contributed by atoms with E-state index >= 15 is 0 Å². The van der Waals surface area contributed by atoms with E-state index in [-0.39, 0.29) is 11.5 Å². The Balaban J connectivity index is 1.65. The Labute approximate surface area is 137 Å². The summed E-state index contributed by atoms with van der Waals surface area (Å²) in [5, 5.41) is 13.9. The van der Waals surface area contributed by atoms with Crippen molar-refractivity contribution in [3.63, 3.8) is 0 Å². The van der Waals surface area contributed by atoms with Crippen molar-refractivity contribution in [1.29, 1.82) is 0 Å². The number of ether oxygens (including phenoxy) is 1. The third-order valence-corrected chi connectivity index (χ3v) is 4.61. The molecule has 1 aromatic heterocycles. The molecule has 0 saturated heterocycles. The minimum Gasteiger partial charge on any atom is -0.497 e. The van der Waals surface area contributed by atoms with Crippen LogP contribution in [-0.4, -0.2) is 18.8 Å². The molecule has 0 amide bonds. The van der Waals surface area contributed by atoms with E-state index in [1.165, 1.54) is 5.56 Å². The van der Waals surface area contributed by atoms with E-state index in [9.17, 15) is 5.11 Å². The van der Waals surface area contributed by atoms with Crippen molar-refractivity contribution in [2.75, 3.05) is 13.7 Å². The molecule has 0 fully saturated rings. The summed E-state index contributed by atoms with van der Waals surface area (Å²) < 4.78 is 10.8. The maximum atomic E-state index is 10.4.